The summed E-state index contributed by atoms with van der Waals surface area (Å²) in [4.78, 5) is 64.7. The van der Waals surface area contributed by atoms with E-state index in [1.807, 2.05) is 17.7 Å². The lowest BCUT2D eigenvalue weighted by Crippen LogP contribution is -2.59. The molecular formula is C35H45FN6O9S. The number of halogens is 1. The number of allylic oxidation sites excluding steroid dienone is 1. The second-order valence-corrected chi connectivity index (χ2v) is 16.8. The SMILES string of the molecule is COc1ccc2nc(O[C@@H]3C[C@H]4C(=O)N[C@]5(C(=O)NS(=O)(=O)C6(CF)CC6)C[C@H]5C=CCC[C@@H](C)C[C@@H](C)[C@H](NC(=O)O)C(=O)N4C3)c(C)nc2c1. The lowest BCUT2D eigenvalue weighted by atomic mass is 9.88. The number of hydrogen-bond donors (Lipinski definition) is 4. The van der Waals surface area contributed by atoms with Crippen molar-refractivity contribution in [2.24, 2.45) is 17.8 Å². The number of benzene rings is 1. The van der Waals surface area contributed by atoms with Crippen LogP contribution >= 0.6 is 0 Å². The van der Waals surface area contributed by atoms with Crippen molar-refractivity contribution in [1.82, 2.24) is 30.2 Å². The summed E-state index contributed by atoms with van der Waals surface area (Å²) in [5, 5.41) is 14.9. The van der Waals surface area contributed by atoms with Gasteiger partial charge in [-0.25, -0.2) is 27.6 Å². The number of amides is 4. The molecule has 0 spiro atoms. The highest BCUT2D eigenvalue weighted by Gasteiger charge is 2.64. The number of nitrogens with zero attached hydrogens (tertiary/aromatic N) is 3. The Bertz CT molecular complexity index is 1910. The van der Waals surface area contributed by atoms with Crippen LogP contribution in [0.3, 0.4) is 0 Å². The minimum Gasteiger partial charge on any atom is -0.497 e. The van der Waals surface area contributed by atoms with Crippen molar-refractivity contribution in [3.63, 3.8) is 0 Å². The average molecular weight is 745 g/mol. The van der Waals surface area contributed by atoms with Gasteiger partial charge in [0.15, 0.2) is 0 Å². The number of carboxylic acid groups (broad SMARTS) is 1. The predicted molar refractivity (Wildman–Crippen MR) is 186 cm³/mol. The highest BCUT2D eigenvalue weighted by molar-refractivity contribution is 7.91. The molecule has 17 heteroatoms. The molecule has 7 atom stereocenters. The standard InChI is InChI=1S/C35H45FN6O9S/c1-19-7-5-6-8-22-16-35(22,32(45)41-52(48,49)34(18-36)11-12-34)40-29(43)27-15-24(17-42(27)31(44)28(20(2)13-19)39-33(46)47)51-30-21(3)37-26-14-23(50-4)9-10-25(26)38-30/h6,8-10,14,19-20,22,24,27-28,39H,5,7,11-13,15-18H2,1-4H3,(H,40,43)(H,41,45)(H,46,47)/t19-,20-,22-,24-,27+,28+,35-/m1/s1. The lowest BCUT2D eigenvalue weighted by Gasteiger charge is -2.32. The Labute approximate surface area is 301 Å². The molecule has 2 saturated carbocycles. The van der Waals surface area contributed by atoms with Crippen LogP contribution in [0.25, 0.3) is 11.0 Å². The highest BCUT2D eigenvalue weighted by Crippen LogP contribution is 2.48. The Morgan fingerprint density at radius 3 is 2.58 bits per heavy atom. The number of nitrogens with one attached hydrogen (secondary N) is 3. The van der Waals surface area contributed by atoms with Crippen LogP contribution in [-0.4, -0.2) is 101 Å². The Kier molecular flexibility index (Phi) is 10.1. The zero-order chi connectivity index (χ0) is 37.6. The molecule has 1 aromatic carbocycles. The number of rotatable bonds is 8. The Morgan fingerprint density at radius 1 is 1.15 bits per heavy atom. The molecular weight excluding hydrogens is 699 g/mol. The largest absolute Gasteiger partial charge is 0.497 e. The van der Waals surface area contributed by atoms with E-state index < -0.39 is 80.8 Å². The van der Waals surface area contributed by atoms with Crippen molar-refractivity contribution < 1.29 is 46.6 Å². The molecule has 6 rings (SSSR count). The molecule has 0 radical (unpaired) electrons. The lowest BCUT2D eigenvalue weighted by molar-refractivity contribution is -0.142. The molecule has 3 fully saturated rings. The van der Waals surface area contributed by atoms with E-state index >= 15 is 0 Å². The topological polar surface area (TPSA) is 206 Å². The average Bonchev–Trinajstić information content (AvgIpc) is 4.00. The molecule has 0 unspecified atom stereocenters. The maximum atomic E-state index is 14.3. The number of sulfonamides is 1. The van der Waals surface area contributed by atoms with E-state index in [0.29, 0.717) is 41.7 Å². The van der Waals surface area contributed by atoms with Crippen LogP contribution in [0.2, 0.25) is 0 Å². The summed E-state index contributed by atoms with van der Waals surface area (Å²) in [7, 11) is -2.85. The van der Waals surface area contributed by atoms with Crippen LogP contribution < -0.4 is 24.8 Å². The molecule has 0 bridgehead atoms. The smallest absolute Gasteiger partial charge is 0.405 e. The number of aryl methyl sites for hydroxylation is 1. The maximum Gasteiger partial charge on any atom is 0.405 e. The number of carbonyl (C=O) groups excluding carboxylic acids is 3. The van der Waals surface area contributed by atoms with Crippen molar-refractivity contribution in [3.05, 3.63) is 36.0 Å². The number of carbonyl (C=O) groups is 4. The molecule has 2 aliphatic heterocycles. The van der Waals surface area contributed by atoms with E-state index in [4.69, 9.17) is 9.47 Å². The number of ether oxygens (including phenoxy) is 2. The molecule has 15 nitrogen and oxygen atoms in total. The van der Waals surface area contributed by atoms with Gasteiger partial charge in [0.05, 0.1) is 24.7 Å². The van der Waals surface area contributed by atoms with Crippen LogP contribution in [0, 0.1) is 24.7 Å². The molecule has 1 saturated heterocycles. The van der Waals surface area contributed by atoms with Gasteiger partial charge in [-0.3, -0.25) is 19.1 Å². The zero-order valence-corrected chi connectivity index (χ0v) is 30.4. The fraction of sp³-hybridized carbons (Fsp3) is 0.600. The van der Waals surface area contributed by atoms with Gasteiger partial charge in [-0.15, -0.1) is 0 Å². The van der Waals surface area contributed by atoms with Crippen molar-refractivity contribution >= 4 is 44.9 Å². The molecule has 4 aliphatic rings. The minimum absolute atomic E-state index is 0.0502. The van der Waals surface area contributed by atoms with E-state index in [2.05, 4.69) is 20.6 Å². The number of aromatic nitrogens is 2. The van der Waals surface area contributed by atoms with Crippen LogP contribution in [0.4, 0.5) is 9.18 Å². The molecule has 1 aromatic heterocycles. The third-order valence-electron chi connectivity index (χ3n) is 10.8. The Hall–Kier alpha value is -4.54. The van der Waals surface area contributed by atoms with Gasteiger partial charge in [-0.1, -0.05) is 26.0 Å². The number of hydrogen-bond acceptors (Lipinski definition) is 10. The van der Waals surface area contributed by atoms with Crippen LogP contribution in [0.1, 0.15) is 64.5 Å². The quantitative estimate of drug-likeness (QED) is 0.289. The first-order chi connectivity index (χ1) is 24.6. The summed E-state index contributed by atoms with van der Waals surface area (Å²) >= 11 is 0. The first kappa shape index (κ1) is 37.2. The minimum atomic E-state index is -4.39. The van der Waals surface area contributed by atoms with E-state index in [1.165, 1.54) is 12.0 Å². The van der Waals surface area contributed by atoms with Crippen molar-refractivity contribution in [2.45, 2.75) is 94.2 Å². The fourth-order valence-corrected chi connectivity index (χ4v) is 8.81. The molecule has 282 valence electrons. The normalized spacial score (nSPS) is 30.2. The van der Waals surface area contributed by atoms with E-state index in [-0.39, 0.29) is 44.0 Å². The second-order valence-electron chi connectivity index (χ2n) is 14.7. The predicted octanol–water partition coefficient (Wildman–Crippen LogP) is 2.77. The Balaban J connectivity index is 1.33. The number of fused-ring (bicyclic) bond motifs is 3. The van der Waals surface area contributed by atoms with Gasteiger partial charge in [0.25, 0.3) is 5.91 Å². The van der Waals surface area contributed by atoms with Gasteiger partial charge in [-0.2, -0.15) is 0 Å². The second kappa shape index (κ2) is 14.1. The van der Waals surface area contributed by atoms with E-state index in [0.717, 1.165) is 0 Å². The summed E-state index contributed by atoms with van der Waals surface area (Å²) in [6.07, 6.45) is 3.46. The van der Waals surface area contributed by atoms with E-state index in [1.54, 1.807) is 38.1 Å². The first-order valence-electron chi connectivity index (χ1n) is 17.5. The molecule has 2 aliphatic carbocycles. The van der Waals surface area contributed by atoms with Crippen LogP contribution in [-0.2, 0) is 24.4 Å². The van der Waals surface area contributed by atoms with Crippen molar-refractivity contribution in [3.8, 4) is 11.6 Å². The summed E-state index contributed by atoms with van der Waals surface area (Å²) in [6, 6.07) is 2.75. The summed E-state index contributed by atoms with van der Waals surface area (Å²) in [5.74, 6) is -2.49. The summed E-state index contributed by atoms with van der Waals surface area (Å²) < 4.78 is 51.8. The van der Waals surface area contributed by atoms with Crippen molar-refractivity contribution in [1.29, 1.82) is 0 Å². The number of methoxy groups -OCH3 is 1. The summed E-state index contributed by atoms with van der Waals surface area (Å²) in [5.41, 5.74) is -0.130. The molecule has 52 heavy (non-hydrogen) atoms. The first-order valence-corrected chi connectivity index (χ1v) is 19.0. The van der Waals surface area contributed by atoms with Crippen LogP contribution in [0.5, 0.6) is 11.6 Å². The molecule has 4 amide bonds. The third-order valence-corrected chi connectivity index (χ3v) is 12.9. The van der Waals surface area contributed by atoms with Crippen LogP contribution in [0.15, 0.2) is 30.4 Å². The fourth-order valence-electron chi connectivity index (χ4n) is 7.39. The van der Waals surface area contributed by atoms with Gasteiger partial charge in [-0.05, 0) is 69.4 Å². The van der Waals surface area contributed by atoms with Gasteiger partial charge in [0.2, 0.25) is 27.7 Å². The van der Waals surface area contributed by atoms with Gasteiger partial charge >= 0.3 is 6.09 Å². The zero-order valence-electron chi connectivity index (χ0n) is 29.6. The van der Waals surface area contributed by atoms with Gasteiger partial charge in [0, 0.05) is 18.4 Å². The number of alkyl halides is 1. The van der Waals surface area contributed by atoms with Gasteiger partial charge < -0.3 is 30.1 Å². The third kappa shape index (κ3) is 7.23. The molecule has 2 aromatic rings. The summed E-state index contributed by atoms with van der Waals surface area (Å²) in [6.45, 7) is 4.23. The van der Waals surface area contributed by atoms with E-state index in [9.17, 15) is 37.1 Å². The molecule has 3 heterocycles. The van der Waals surface area contributed by atoms with Gasteiger partial charge in [0.1, 0.15) is 46.6 Å². The van der Waals surface area contributed by atoms with Crippen molar-refractivity contribution in [2.75, 3.05) is 20.3 Å². The monoisotopic (exact) mass is 744 g/mol. The highest BCUT2D eigenvalue weighted by atomic mass is 32.2. The Morgan fingerprint density at radius 2 is 1.90 bits per heavy atom. The maximum absolute atomic E-state index is 14.3. The molecule has 4 N–H and O–H groups in total.